The maximum Gasteiger partial charge on any atom is 0.411 e. The number of carbonyl (C=O) groups is 2. The predicted octanol–water partition coefficient (Wildman–Crippen LogP) is 3.51. The summed E-state index contributed by atoms with van der Waals surface area (Å²) in [4.78, 5) is 27.1. The molecule has 3 rings (SSSR count). The van der Waals surface area contributed by atoms with E-state index in [1.54, 1.807) is 40.0 Å². The summed E-state index contributed by atoms with van der Waals surface area (Å²) in [5, 5.41) is 2.73. The smallest absolute Gasteiger partial charge is 0.411 e. The molecular formula is C20H26ClFN2O4. The van der Waals surface area contributed by atoms with Gasteiger partial charge >= 0.3 is 6.09 Å². The van der Waals surface area contributed by atoms with Crippen LogP contribution in [0.5, 0.6) is 0 Å². The number of benzene rings is 1. The minimum Gasteiger partial charge on any atom is -0.444 e. The summed E-state index contributed by atoms with van der Waals surface area (Å²) in [5.74, 6) is -0.897. The SMILES string of the molecule is COC[C@@]12CC1N(C(=O)OC(C)(C)C)[C@H](C(=O)NCc1cccc(Cl)c1F)C2. The van der Waals surface area contributed by atoms with Gasteiger partial charge in [0.25, 0.3) is 0 Å². The van der Waals surface area contributed by atoms with Gasteiger partial charge in [-0.2, -0.15) is 0 Å². The molecule has 28 heavy (non-hydrogen) atoms. The maximum atomic E-state index is 14.1. The van der Waals surface area contributed by atoms with Crippen molar-refractivity contribution in [1.29, 1.82) is 0 Å². The van der Waals surface area contributed by atoms with Crippen molar-refractivity contribution in [2.24, 2.45) is 5.41 Å². The molecule has 2 aliphatic rings. The lowest BCUT2D eigenvalue weighted by Gasteiger charge is -2.29. The van der Waals surface area contributed by atoms with Gasteiger partial charge in [-0.25, -0.2) is 9.18 Å². The third kappa shape index (κ3) is 4.10. The molecule has 2 amide bonds. The molecular weight excluding hydrogens is 387 g/mol. The summed E-state index contributed by atoms with van der Waals surface area (Å²) < 4.78 is 24.9. The van der Waals surface area contributed by atoms with Crippen molar-refractivity contribution in [2.45, 2.75) is 57.8 Å². The van der Waals surface area contributed by atoms with Crippen LogP contribution in [0.1, 0.15) is 39.2 Å². The molecule has 154 valence electrons. The third-order valence-corrected chi connectivity index (χ3v) is 5.53. The predicted molar refractivity (Wildman–Crippen MR) is 102 cm³/mol. The second kappa shape index (κ2) is 7.52. The van der Waals surface area contributed by atoms with Crippen LogP contribution in [0.25, 0.3) is 0 Å². The molecule has 0 radical (unpaired) electrons. The van der Waals surface area contributed by atoms with Crippen LogP contribution in [-0.4, -0.2) is 48.3 Å². The van der Waals surface area contributed by atoms with Gasteiger partial charge < -0.3 is 14.8 Å². The lowest BCUT2D eigenvalue weighted by Crippen LogP contribution is -2.49. The second-order valence-electron chi connectivity index (χ2n) is 8.55. The second-order valence-corrected chi connectivity index (χ2v) is 8.96. The Labute approximate surface area is 169 Å². The number of hydrogen-bond acceptors (Lipinski definition) is 4. The first-order valence-electron chi connectivity index (χ1n) is 9.29. The summed E-state index contributed by atoms with van der Waals surface area (Å²) in [5.41, 5.74) is -0.585. The quantitative estimate of drug-likeness (QED) is 0.803. The minimum absolute atomic E-state index is 0.00305. The number of likely N-dealkylation sites (tertiary alicyclic amines) is 1. The number of ether oxygens (including phenoxy) is 2. The molecule has 1 N–H and O–H groups in total. The highest BCUT2D eigenvalue weighted by Crippen LogP contribution is 2.59. The Morgan fingerprint density at radius 3 is 2.71 bits per heavy atom. The highest BCUT2D eigenvalue weighted by molar-refractivity contribution is 6.30. The number of methoxy groups -OCH3 is 1. The first-order chi connectivity index (χ1) is 13.1. The first-order valence-corrected chi connectivity index (χ1v) is 9.66. The van der Waals surface area contributed by atoms with Crippen LogP contribution < -0.4 is 5.32 Å². The zero-order valence-electron chi connectivity index (χ0n) is 16.6. The van der Waals surface area contributed by atoms with Gasteiger partial charge in [0.1, 0.15) is 17.5 Å². The van der Waals surface area contributed by atoms with E-state index in [4.69, 9.17) is 21.1 Å². The van der Waals surface area contributed by atoms with E-state index in [9.17, 15) is 14.0 Å². The minimum atomic E-state index is -0.675. The van der Waals surface area contributed by atoms with Crippen molar-refractivity contribution in [3.63, 3.8) is 0 Å². The van der Waals surface area contributed by atoms with Gasteiger partial charge in [0.2, 0.25) is 5.91 Å². The third-order valence-electron chi connectivity index (χ3n) is 5.24. The van der Waals surface area contributed by atoms with Gasteiger partial charge in [0.05, 0.1) is 11.6 Å². The van der Waals surface area contributed by atoms with Crippen LogP contribution in [0.2, 0.25) is 5.02 Å². The lowest BCUT2D eigenvalue weighted by atomic mass is 10.00. The van der Waals surface area contributed by atoms with Crippen LogP contribution in [0.4, 0.5) is 9.18 Å². The number of nitrogens with one attached hydrogen (secondary N) is 1. The number of hydrogen-bond donors (Lipinski definition) is 1. The molecule has 0 spiro atoms. The van der Waals surface area contributed by atoms with Crippen molar-refractivity contribution in [3.8, 4) is 0 Å². The Morgan fingerprint density at radius 2 is 2.07 bits per heavy atom. The maximum absolute atomic E-state index is 14.1. The number of carbonyl (C=O) groups excluding carboxylic acids is 2. The number of piperidine rings is 1. The summed E-state index contributed by atoms with van der Waals surface area (Å²) >= 11 is 5.79. The van der Waals surface area contributed by atoms with Crippen LogP contribution in [0.15, 0.2) is 18.2 Å². The van der Waals surface area contributed by atoms with Gasteiger partial charge in [-0.3, -0.25) is 9.69 Å². The summed E-state index contributed by atoms with van der Waals surface area (Å²) in [6.45, 7) is 5.82. The molecule has 1 unspecified atom stereocenters. The van der Waals surface area contributed by atoms with Crippen LogP contribution >= 0.6 is 11.6 Å². The molecule has 0 aromatic heterocycles. The Morgan fingerprint density at radius 1 is 1.36 bits per heavy atom. The molecule has 1 saturated heterocycles. The van der Waals surface area contributed by atoms with Gasteiger partial charge in [-0.15, -0.1) is 0 Å². The molecule has 2 fully saturated rings. The Bertz CT molecular complexity index is 782. The normalized spacial score (nSPS) is 26.0. The van der Waals surface area contributed by atoms with Gasteiger partial charge in [0, 0.05) is 30.7 Å². The van der Waals surface area contributed by atoms with Gasteiger partial charge in [-0.1, -0.05) is 23.7 Å². The molecule has 6 nitrogen and oxygen atoms in total. The van der Waals surface area contributed by atoms with E-state index in [-0.39, 0.29) is 28.9 Å². The molecule has 0 bridgehead atoms. The fraction of sp³-hybridized carbons (Fsp3) is 0.600. The number of fused-ring (bicyclic) bond motifs is 1. The van der Waals surface area contributed by atoms with E-state index in [1.807, 2.05) is 0 Å². The lowest BCUT2D eigenvalue weighted by molar-refractivity contribution is -0.126. The van der Waals surface area contributed by atoms with E-state index in [1.165, 1.54) is 11.0 Å². The van der Waals surface area contributed by atoms with Crippen molar-refractivity contribution >= 4 is 23.6 Å². The van der Waals surface area contributed by atoms with Gasteiger partial charge in [0.15, 0.2) is 0 Å². The Balaban J connectivity index is 1.73. The van der Waals surface area contributed by atoms with Crippen LogP contribution in [0, 0.1) is 11.2 Å². The summed E-state index contributed by atoms with van der Waals surface area (Å²) in [7, 11) is 1.61. The highest BCUT2D eigenvalue weighted by Gasteiger charge is 2.67. The molecule has 1 aliphatic heterocycles. The van der Waals surface area contributed by atoms with E-state index >= 15 is 0 Å². The molecule has 3 atom stereocenters. The average molecular weight is 413 g/mol. The fourth-order valence-corrected chi connectivity index (χ4v) is 4.11. The zero-order chi connectivity index (χ0) is 20.7. The average Bonchev–Trinajstić information content (AvgIpc) is 3.18. The molecule has 8 heteroatoms. The molecule has 1 aromatic rings. The van der Waals surface area contributed by atoms with Gasteiger partial charge in [-0.05, 0) is 39.7 Å². The fourth-order valence-electron chi connectivity index (χ4n) is 3.91. The van der Waals surface area contributed by atoms with E-state index in [0.29, 0.717) is 18.6 Å². The van der Waals surface area contributed by atoms with E-state index < -0.39 is 23.6 Å². The number of amides is 2. The highest BCUT2D eigenvalue weighted by atomic mass is 35.5. The number of nitrogens with zero attached hydrogens (tertiary/aromatic N) is 1. The first kappa shape index (κ1) is 20.9. The zero-order valence-corrected chi connectivity index (χ0v) is 17.3. The molecule has 1 saturated carbocycles. The Hall–Kier alpha value is -1.86. The summed E-state index contributed by atoms with van der Waals surface area (Å²) in [6.07, 6.45) is 0.767. The standard InChI is InChI=1S/C20H26ClFN2O4/c1-19(2,3)28-18(26)24-14(8-20(11-27-4)9-15(20)24)17(25)23-10-12-6-5-7-13(21)16(12)22/h5-7,14-15H,8-11H2,1-4H3,(H,23,25)/t14-,15?,20+/m0/s1. The largest absolute Gasteiger partial charge is 0.444 e. The monoisotopic (exact) mass is 412 g/mol. The topological polar surface area (TPSA) is 67.9 Å². The summed E-state index contributed by atoms with van der Waals surface area (Å²) in [6, 6.07) is 3.88. The van der Waals surface area contributed by atoms with Crippen molar-refractivity contribution in [2.75, 3.05) is 13.7 Å². The van der Waals surface area contributed by atoms with Crippen LogP contribution in [0.3, 0.4) is 0 Å². The van der Waals surface area contributed by atoms with Crippen molar-refractivity contribution in [1.82, 2.24) is 10.2 Å². The number of halogens is 2. The van der Waals surface area contributed by atoms with E-state index in [0.717, 1.165) is 6.42 Å². The number of rotatable bonds is 5. The molecule has 1 aliphatic carbocycles. The van der Waals surface area contributed by atoms with Crippen LogP contribution in [-0.2, 0) is 20.8 Å². The van der Waals surface area contributed by atoms with E-state index in [2.05, 4.69) is 5.32 Å². The van der Waals surface area contributed by atoms with Crippen molar-refractivity contribution in [3.05, 3.63) is 34.6 Å². The molecule has 1 heterocycles. The van der Waals surface area contributed by atoms with Crippen molar-refractivity contribution < 1.29 is 23.5 Å². The molecule has 1 aromatic carbocycles. The Kier molecular flexibility index (Phi) is 5.60.